The van der Waals surface area contributed by atoms with Crippen LogP contribution in [0.15, 0.2) is 74.3 Å². The van der Waals surface area contributed by atoms with E-state index < -0.39 is 0 Å². The van der Waals surface area contributed by atoms with E-state index >= 15 is 0 Å². The van der Waals surface area contributed by atoms with Crippen molar-refractivity contribution in [2.75, 3.05) is 0 Å². The Morgan fingerprint density at radius 3 is 1.11 bits per heavy atom. The van der Waals surface area contributed by atoms with Crippen molar-refractivity contribution in [3.05, 3.63) is 91.0 Å². The molecule has 2 aromatic rings. The van der Waals surface area contributed by atoms with E-state index in [1.165, 1.54) is 5.56 Å². The summed E-state index contributed by atoms with van der Waals surface area (Å²) >= 11 is 0. The topological polar surface area (TPSA) is 0 Å². The molecule has 2 rings (SSSR count). The Hall–Kier alpha value is -2.34. The molecule has 90 valence electrons. The Morgan fingerprint density at radius 1 is 0.500 bits per heavy atom. The van der Waals surface area contributed by atoms with E-state index in [0.717, 1.165) is 11.1 Å². The van der Waals surface area contributed by atoms with Crippen LogP contribution in [0.4, 0.5) is 0 Å². The second kappa shape index (κ2) is 7.86. The van der Waals surface area contributed by atoms with Crippen molar-refractivity contribution < 1.29 is 0 Å². The molecule has 0 aliphatic rings. The highest BCUT2D eigenvalue weighted by Crippen LogP contribution is 2.05. The molecule has 0 heterocycles. The lowest BCUT2D eigenvalue weighted by Gasteiger charge is -1.92. The Labute approximate surface area is 110 Å². The Morgan fingerprint density at radius 2 is 0.833 bits per heavy atom. The Bertz CT molecular complexity index is 462. The summed E-state index contributed by atoms with van der Waals surface area (Å²) < 4.78 is 0. The molecule has 0 atom stereocenters. The minimum atomic E-state index is 1.14. The molecule has 0 nitrogen and oxygen atoms in total. The third kappa shape index (κ3) is 4.67. The maximum atomic E-state index is 3.66. The Kier molecular flexibility index (Phi) is 5.99. The maximum absolute atomic E-state index is 3.66. The van der Waals surface area contributed by atoms with Gasteiger partial charge in [-0.15, -0.1) is 0 Å². The minimum Gasteiger partial charge on any atom is -0.0985 e. The summed E-state index contributed by atoms with van der Waals surface area (Å²) in [6.07, 6.45) is 5.49. The lowest BCUT2D eigenvalue weighted by Crippen LogP contribution is -1.71. The van der Waals surface area contributed by atoms with Gasteiger partial charge in [-0.05, 0) is 16.7 Å². The van der Waals surface area contributed by atoms with E-state index in [0.29, 0.717) is 0 Å². The molecule has 0 aromatic heterocycles. The van der Waals surface area contributed by atoms with E-state index in [1.807, 2.05) is 72.8 Å². The highest BCUT2D eigenvalue weighted by Gasteiger charge is 1.84. The predicted molar refractivity (Wildman–Crippen MR) is 83.2 cm³/mol. The van der Waals surface area contributed by atoms with Crippen LogP contribution in [-0.4, -0.2) is 0 Å². The summed E-state index contributed by atoms with van der Waals surface area (Å²) in [5.74, 6) is 0. The van der Waals surface area contributed by atoms with Crippen molar-refractivity contribution in [2.24, 2.45) is 0 Å². The molecule has 0 unspecified atom stereocenters. The fourth-order valence-corrected chi connectivity index (χ4v) is 1.36. The van der Waals surface area contributed by atoms with Crippen LogP contribution in [0.5, 0.6) is 0 Å². The van der Waals surface area contributed by atoms with Crippen LogP contribution in [-0.2, 0) is 0 Å². The van der Waals surface area contributed by atoms with Crippen molar-refractivity contribution in [1.82, 2.24) is 0 Å². The zero-order valence-corrected chi connectivity index (χ0v) is 10.5. The lowest BCUT2D eigenvalue weighted by atomic mass is 10.1. The van der Waals surface area contributed by atoms with E-state index in [-0.39, 0.29) is 0 Å². The molecule has 18 heavy (non-hydrogen) atoms. The molecule has 0 fully saturated rings. The predicted octanol–water partition coefficient (Wildman–Crippen LogP) is 5.30. The van der Waals surface area contributed by atoms with Gasteiger partial charge in [-0.3, -0.25) is 0 Å². The van der Waals surface area contributed by atoms with E-state index in [1.54, 1.807) is 0 Å². The number of hydrogen-bond acceptors (Lipinski definition) is 0. The van der Waals surface area contributed by atoms with Crippen molar-refractivity contribution in [2.45, 2.75) is 0 Å². The quantitative estimate of drug-likeness (QED) is 0.675. The van der Waals surface area contributed by atoms with Gasteiger partial charge in [0.2, 0.25) is 0 Å². The molecule has 0 heteroatoms. The Balaban J connectivity index is 0.000000184. The fraction of sp³-hybridized carbons (Fsp3) is 0. The van der Waals surface area contributed by atoms with Crippen LogP contribution in [0, 0.1) is 0 Å². The van der Waals surface area contributed by atoms with Crippen LogP contribution >= 0.6 is 0 Å². The van der Waals surface area contributed by atoms with Gasteiger partial charge in [-0.2, -0.15) is 0 Å². The SMILES string of the molecule is C=Cc1ccc(C=C)cc1.C=Cc1ccccc1. The molecule has 2 aromatic carbocycles. The smallest absolute Gasteiger partial charge is 0.0262 e. The highest BCUT2D eigenvalue weighted by molar-refractivity contribution is 5.53. The third-order valence-corrected chi connectivity index (χ3v) is 2.44. The summed E-state index contributed by atoms with van der Waals surface area (Å²) in [6, 6.07) is 18.1. The minimum absolute atomic E-state index is 1.14. The molecule has 0 N–H and O–H groups in total. The van der Waals surface area contributed by atoms with Crippen LogP contribution in [0.25, 0.3) is 18.2 Å². The summed E-state index contributed by atoms with van der Waals surface area (Å²) in [6.45, 7) is 11.0. The highest BCUT2D eigenvalue weighted by atomic mass is 13.9. The molecule has 0 saturated carbocycles. The van der Waals surface area contributed by atoms with Crippen LogP contribution in [0.3, 0.4) is 0 Å². The monoisotopic (exact) mass is 234 g/mol. The largest absolute Gasteiger partial charge is 0.0985 e. The summed E-state index contributed by atoms with van der Waals surface area (Å²) in [5.41, 5.74) is 3.46. The second-order valence-electron chi connectivity index (χ2n) is 3.69. The summed E-state index contributed by atoms with van der Waals surface area (Å²) in [7, 11) is 0. The van der Waals surface area contributed by atoms with Gasteiger partial charge >= 0.3 is 0 Å². The zero-order valence-electron chi connectivity index (χ0n) is 10.5. The first kappa shape index (κ1) is 13.7. The zero-order chi connectivity index (χ0) is 13.2. The molecule has 0 spiro atoms. The van der Waals surface area contributed by atoms with Crippen LogP contribution in [0.2, 0.25) is 0 Å². The molecular formula is C18H18. The van der Waals surface area contributed by atoms with E-state index in [9.17, 15) is 0 Å². The van der Waals surface area contributed by atoms with Gasteiger partial charge in [-0.1, -0.05) is 92.6 Å². The van der Waals surface area contributed by atoms with Gasteiger partial charge in [0.1, 0.15) is 0 Å². The number of benzene rings is 2. The van der Waals surface area contributed by atoms with Gasteiger partial charge in [0.25, 0.3) is 0 Å². The van der Waals surface area contributed by atoms with Gasteiger partial charge < -0.3 is 0 Å². The first-order valence-electron chi connectivity index (χ1n) is 5.82. The molecule has 0 saturated heterocycles. The molecule has 0 amide bonds. The van der Waals surface area contributed by atoms with Gasteiger partial charge in [-0.25, -0.2) is 0 Å². The van der Waals surface area contributed by atoms with Crippen molar-refractivity contribution in [3.8, 4) is 0 Å². The molecule has 0 radical (unpaired) electrons. The maximum Gasteiger partial charge on any atom is -0.0262 e. The van der Waals surface area contributed by atoms with E-state index in [4.69, 9.17) is 0 Å². The van der Waals surface area contributed by atoms with Crippen LogP contribution in [0.1, 0.15) is 16.7 Å². The van der Waals surface area contributed by atoms with Gasteiger partial charge in [0.05, 0.1) is 0 Å². The van der Waals surface area contributed by atoms with Crippen molar-refractivity contribution >= 4 is 18.2 Å². The fourth-order valence-electron chi connectivity index (χ4n) is 1.36. The lowest BCUT2D eigenvalue weighted by molar-refractivity contribution is 1.63. The molecule has 0 bridgehead atoms. The normalized spacial score (nSPS) is 8.67. The first-order chi connectivity index (χ1) is 8.80. The van der Waals surface area contributed by atoms with Gasteiger partial charge in [0.15, 0.2) is 0 Å². The van der Waals surface area contributed by atoms with Crippen molar-refractivity contribution in [1.29, 1.82) is 0 Å². The average molecular weight is 234 g/mol. The molecule has 0 aliphatic heterocycles. The summed E-state index contributed by atoms with van der Waals surface area (Å²) in [5, 5.41) is 0. The molecular weight excluding hydrogens is 216 g/mol. The standard InChI is InChI=1S/C10H10.C8H8/c1-3-9-5-7-10(4-2)8-6-9;1-2-8-6-4-3-5-7-8/h3-8H,1-2H2;2-7H,1H2. The van der Waals surface area contributed by atoms with E-state index in [2.05, 4.69) is 19.7 Å². The molecule has 0 aliphatic carbocycles. The van der Waals surface area contributed by atoms with Gasteiger partial charge in [0, 0.05) is 0 Å². The van der Waals surface area contributed by atoms with Crippen molar-refractivity contribution in [3.63, 3.8) is 0 Å². The third-order valence-electron chi connectivity index (χ3n) is 2.44. The second-order valence-corrected chi connectivity index (χ2v) is 3.69. The summed E-state index contributed by atoms with van der Waals surface area (Å²) in [4.78, 5) is 0. The number of hydrogen-bond donors (Lipinski definition) is 0. The number of rotatable bonds is 3. The average Bonchev–Trinajstić information content (AvgIpc) is 2.49. The first-order valence-corrected chi connectivity index (χ1v) is 5.82. The van der Waals surface area contributed by atoms with Crippen LogP contribution < -0.4 is 0 Å².